The summed E-state index contributed by atoms with van der Waals surface area (Å²) in [6, 6.07) is 0.303. The zero-order valence-electron chi connectivity index (χ0n) is 17.9. The van der Waals surface area contributed by atoms with Crippen molar-refractivity contribution in [2.75, 3.05) is 26.2 Å². The van der Waals surface area contributed by atoms with Crippen molar-refractivity contribution in [2.24, 2.45) is 10.9 Å². The molecule has 0 bridgehead atoms. The van der Waals surface area contributed by atoms with E-state index >= 15 is 0 Å². The molecule has 7 nitrogen and oxygen atoms in total. The topological polar surface area (TPSA) is 74.6 Å². The smallest absolute Gasteiger partial charge is 0.225 e. The Labute approximate surface area is 192 Å². The first-order chi connectivity index (χ1) is 13.7. The fraction of sp³-hybridized carbons (Fsp3) is 0.762. The van der Waals surface area contributed by atoms with Crippen LogP contribution >= 0.6 is 24.0 Å². The minimum atomic E-state index is 0. The molecule has 3 rings (SSSR count). The van der Waals surface area contributed by atoms with Crippen molar-refractivity contribution in [3.8, 4) is 0 Å². The van der Waals surface area contributed by atoms with E-state index in [-0.39, 0.29) is 29.9 Å². The number of nitrogens with one attached hydrogen (secondary N) is 2. The summed E-state index contributed by atoms with van der Waals surface area (Å²) in [7, 11) is 0. The van der Waals surface area contributed by atoms with Crippen LogP contribution in [0.1, 0.15) is 57.7 Å². The van der Waals surface area contributed by atoms with Crippen molar-refractivity contribution >= 4 is 35.8 Å². The maximum atomic E-state index is 12.6. The number of carbonyl (C=O) groups excluding carboxylic acids is 1. The molecule has 0 spiro atoms. The molecule has 1 aromatic heterocycles. The lowest BCUT2D eigenvalue weighted by atomic mass is 10.1. The van der Waals surface area contributed by atoms with Crippen LogP contribution in [0.4, 0.5) is 0 Å². The Kier molecular flexibility index (Phi) is 10.2. The predicted molar refractivity (Wildman–Crippen MR) is 128 cm³/mol. The second-order valence-electron chi connectivity index (χ2n) is 8.03. The summed E-state index contributed by atoms with van der Waals surface area (Å²) >= 11 is 0. The lowest BCUT2D eigenvalue weighted by Gasteiger charge is -2.21. The first kappa shape index (κ1) is 24.0. The number of aliphatic imine (C=N–C) groups is 1. The van der Waals surface area contributed by atoms with Gasteiger partial charge in [-0.25, -0.2) is 4.98 Å². The molecule has 8 heteroatoms. The highest BCUT2D eigenvalue weighted by molar-refractivity contribution is 14.0. The Balaban J connectivity index is 0.00000300. The van der Waals surface area contributed by atoms with Gasteiger partial charge in [-0.1, -0.05) is 12.8 Å². The number of halogens is 1. The third-order valence-corrected chi connectivity index (χ3v) is 5.89. The van der Waals surface area contributed by atoms with Gasteiger partial charge in [-0.05, 0) is 46.0 Å². The number of imidazole rings is 1. The summed E-state index contributed by atoms with van der Waals surface area (Å²) in [5, 5.41) is 6.88. The van der Waals surface area contributed by atoms with Crippen LogP contribution in [0, 0.1) is 12.8 Å². The molecule has 1 unspecified atom stereocenters. The second-order valence-corrected chi connectivity index (χ2v) is 8.03. The number of likely N-dealkylation sites (tertiary alicyclic amines) is 1. The lowest BCUT2D eigenvalue weighted by Crippen LogP contribution is -2.45. The van der Waals surface area contributed by atoms with Gasteiger partial charge < -0.3 is 20.1 Å². The van der Waals surface area contributed by atoms with E-state index in [9.17, 15) is 4.79 Å². The molecule has 29 heavy (non-hydrogen) atoms. The Morgan fingerprint density at radius 2 is 2.07 bits per heavy atom. The standard InChI is InChI=1S/C21H36N6O.HI/c1-3-22-21(24-11-6-7-13-26-15-12-23-17(26)2)25-19-10-14-27(16-19)20(28)18-8-4-5-9-18;/h12,15,18-19H,3-11,13-14,16H2,1-2H3,(H2,22,24,25);1H. The van der Waals surface area contributed by atoms with Crippen molar-refractivity contribution in [1.82, 2.24) is 25.1 Å². The van der Waals surface area contributed by atoms with E-state index < -0.39 is 0 Å². The molecule has 2 aliphatic rings. The molecule has 1 atom stereocenters. The van der Waals surface area contributed by atoms with Gasteiger partial charge in [0.2, 0.25) is 5.91 Å². The average molecular weight is 516 g/mol. The number of aromatic nitrogens is 2. The van der Waals surface area contributed by atoms with Crippen molar-refractivity contribution in [1.29, 1.82) is 0 Å². The number of guanidine groups is 1. The van der Waals surface area contributed by atoms with E-state index in [0.717, 1.165) is 76.6 Å². The Hall–Kier alpha value is -1.32. The molecule has 1 aromatic rings. The number of rotatable bonds is 8. The van der Waals surface area contributed by atoms with E-state index in [1.165, 1.54) is 12.8 Å². The molecule has 1 saturated carbocycles. The SMILES string of the molecule is CCNC(=NCCCCn1ccnc1C)NC1CCN(C(=O)C2CCCC2)C1.I. The molecule has 164 valence electrons. The fourth-order valence-corrected chi connectivity index (χ4v) is 4.25. The molecule has 1 saturated heterocycles. The monoisotopic (exact) mass is 516 g/mol. The normalized spacial score (nSPS) is 20.0. The maximum Gasteiger partial charge on any atom is 0.225 e. The van der Waals surface area contributed by atoms with Crippen LogP contribution in [-0.2, 0) is 11.3 Å². The number of hydrogen-bond acceptors (Lipinski definition) is 3. The number of aryl methyl sites for hydroxylation is 2. The van der Waals surface area contributed by atoms with Crippen LogP contribution in [0.2, 0.25) is 0 Å². The van der Waals surface area contributed by atoms with Crippen LogP contribution in [-0.4, -0.2) is 58.5 Å². The van der Waals surface area contributed by atoms with Crippen molar-refractivity contribution in [2.45, 2.75) is 71.4 Å². The van der Waals surface area contributed by atoms with Gasteiger partial charge in [0.05, 0.1) is 0 Å². The number of amides is 1. The molecule has 1 amide bonds. The summed E-state index contributed by atoms with van der Waals surface area (Å²) in [6.45, 7) is 8.44. The molecular weight excluding hydrogens is 479 g/mol. The van der Waals surface area contributed by atoms with Gasteiger partial charge in [-0.15, -0.1) is 24.0 Å². The van der Waals surface area contributed by atoms with Crippen LogP contribution in [0.15, 0.2) is 17.4 Å². The van der Waals surface area contributed by atoms with Crippen molar-refractivity contribution < 1.29 is 4.79 Å². The highest BCUT2D eigenvalue weighted by atomic mass is 127. The molecule has 1 aliphatic heterocycles. The summed E-state index contributed by atoms with van der Waals surface area (Å²) in [6.07, 6.45) is 11.6. The van der Waals surface area contributed by atoms with Crippen LogP contribution in [0.3, 0.4) is 0 Å². The van der Waals surface area contributed by atoms with E-state index in [0.29, 0.717) is 11.9 Å². The third-order valence-electron chi connectivity index (χ3n) is 5.89. The van der Waals surface area contributed by atoms with E-state index in [1.807, 2.05) is 19.3 Å². The molecule has 2 N–H and O–H groups in total. The van der Waals surface area contributed by atoms with Gasteiger partial charge in [-0.2, -0.15) is 0 Å². The first-order valence-electron chi connectivity index (χ1n) is 11.0. The van der Waals surface area contributed by atoms with Gasteiger partial charge in [-0.3, -0.25) is 9.79 Å². The Bertz CT molecular complexity index is 655. The van der Waals surface area contributed by atoms with Crippen molar-refractivity contribution in [3.05, 3.63) is 18.2 Å². The van der Waals surface area contributed by atoms with Gasteiger partial charge in [0.15, 0.2) is 5.96 Å². The molecule has 2 heterocycles. The highest BCUT2D eigenvalue weighted by Crippen LogP contribution is 2.27. The summed E-state index contributed by atoms with van der Waals surface area (Å²) < 4.78 is 2.18. The molecule has 0 aromatic carbocycles. The number of unbranched alkanes of at least 4 members (excludes halogenated alkanes) is 1. The van der Waals surface area contributed by atoms with E-state index in [2.05, 4.69) is 32.0 Å². The van der Waals surface area contributed by atoms with E-state index in [1.54, 1.807) is 0 Å². The zero-order chi connectivity index (χ0) is 19.8. The molecule has 2 fully saturated rings. The van der Waals surface area contributed by atoms with Crippen LogP contribution in [0.25, 0.3) is 0 Å². The van der Waals surface area contributed by atoms with Gasteiger partial charge >= 0.3 is 0 Å². The zero-order valence-corrected chi connectivity index (χ0v) is 20.2. The molecule has 1 aliphatic carbocycles. The quantitative estimate of drug-likeness (QED) is 0.241. The van der Waals surface area contributed by atoms with Crippen LogP contribution in [0.5, 0.6) is 0 Å². The van der Waals surface area contributed by atoms with Gasteiger partial charge in [0.25, 0.3) is 0 Å². The summed E-state index contributed by atoms with van der Waals surface area (Å²) in [5.41, 5.74) is 0. The molecule has 0 radical (unpaired) electrons. The minimum Gasteiger partial charge on any atom is -0.357 e. The van der Waals surface area contributed by atoms with Crippen molar-refractivity contribution in [3.63, 3.8) is 0 Å². The lowest BCUT2D eigenvalue weighted by molar-refractivity contribution is -0.134. The third kappa shape index (κ3) is 7.15. The fourth-order valence-electron chi connectivity index (χ4n) is 4.25. The highest BCUT2D eigenvalue weighted by Gasteiger charge is 2.32. The average Bonchev–Trinajstić information content (AvgIpc) is 3.43. The number of hydrogen-bond donors (Lipinski definition) is 2. The van der Waals surface area contributed by atoms with Gasteiger partial charge in [0, 0.05) is 57.1 Å². The largest absolute Gasteiger partial charge is 0.357 e. The molecular formula is C21H37IN6O. The second kappa shape index (κ2) is 12.4. The maximum absolute atomic E-state index is 12.6. The van der Waals surface area contributed by atoms with Gasteiger partial charge in [0.1, 0.15) is 5.82 Å². The Morgan fingerprint density at radius 3 is 2.76 bits per heavy atom. The van der Waals surface area contributed by atoms with E-state index in [4.69, 9.17) is 4.99 Å². The number of carbonyl (C=O) groups is 1. The first-order valence-corrected chi connectivity index (χ1v) is 11.0. The number of nitrogens with zero attached hydrogens (tertiary/aromatic N) is 4. The summed E-state index contributed by atoms with van der Waals surface area (Å²) in [5.74, 6) is 2.59. The van der Waals surface area contributed by atoms with Crippen LogP contribution < -0.4 is 10.6 Å². The summed E-state index contributed by atoms with van der Waals surface area (Å²) in [4.78, 5) is 23.7. The Morgan fingerprint density at radius 1 is 1.28 bits per heavy atom. The minimum absolute atomic E-state index is 0. The predicted octanol–water partition coefficient (Wildman–Crippen LogP) is 2.94.